The van der Waals surface area contributed by atoms with Crippen LogP contribution in [-0.4, -0.2) is 11.4 Å². The molecule has 0 radical (unpaired) electrons. The Morgan fingerprint density at radius 2 is 2.07 bits per heavy atom. The molecule has 0 saturated heterocycles. The molecule has 2 aromatic rings. The van der Waals surface area contributed by atoms with Crippen LogP contribution in [-0.2, 0) is 6.54 Å². The number of nitrogens with one attached hydrogen (secondary N) is 1. The minimum absolute atomic E-state index is 0.0325. The van der Waals surface area contributed by atoms with Crippen molar-refractivity contribution in [1.82, 2.24) is 4.37 Å². The molecule has 1 aromatic heterocycles. The lowest BCUT2D eigenvalue weighted by atomic mass is 10.2. The average Bonchev–Trinajstić information content (AvgIpc) is 2.66. The lowest BCUT2D eigenvalue weighted by molar-refractivity contribution is 0.934. The highest BCUT2D eigenvalue weighted by molar-refractivity contribution is 7.10. The third kappa shape index (κ3) is 2.47. The van der Waals surface area contributed by atoms with Gasteiger partial charge < -0.3 is 4.90 Å². The zero-order valence-corrected chi connectivity index (χ0v) is 9.25. The number of aromatic amines is 1. The molecule has 2 rings (SSSR count). The molecule has 0 unspecified atom stereocenters. The molecule has 0 aliphatic carbocycles. The highest BCUT2D eigenvalue weighted by atomic mass is 32.1. The zero-order chi connectivity index (χ0) is 10.7. The summed E-state index contributed by atoms with van der Waals surface area (Å²) in [5.41, 5.74) is 1.20. The van der Waals surface area contributed by atoms with Crippen LogP contribution in [0.25, 0.3) is 0 Å². The Balaban J connectivity index is 2.10. The molecule has 3 nitrogen and oxygen atoms in total. The summed E-state index contributed by atoms with van der Waals surface area (Å²) >= 11 is 1.37. The largest absolute Gasteiger partial charge is 0.361 e. The quantitative estimate of drug-likeness (QED) is 0.859. The van der Waals surface area contributed by atoms with E-state index in [0.717, 1.165) is 11.5 Å². The fourth-order valence-electron chi connectivity index (χ4n) is 1.40. The normalized spacial score (nSPS) is 10.2. The predicted octanol–water partition coefficient (Wildman–Crippen LogP) is 2.07. The standard InChI is InChI=1S/C11H12N2OS/c1-13(11-7-10(14)12-15-11)8-9-5-3-2-4-6-9/h2-7H,8H2,1H3,(H,12,14). The number of aromatic nitrogens is 1. The molecule has 0 aliphatic rings. The molecule has 0 amide bonds. The molecule has 0 atom stereocenters. The van der Waals surface area contributed by atoms with Crippen molar-refractivity contribution in [2.75, 3.05) is 11.9 Å². The topological polar surface area (TPSA) is 36.1 Å². The van der Waals surface area contributed by atoms with E-state index in [4.69, 9.17) is 0 Å². The van der Waals surface area contributed by atoms with Crippen LogP contribution in [0.5, 0.6) is 0 Å². The second-order valence-corrected chi connectivity index (χ2v) is 4.22. The number of rotatable bonds is 3. The van der Waals surface area contributed by atoms with Crippen LogP contribution >= 0.6 is 11.5 Å². The first-order valence-corrected chi connectivity index (χ1v) is 5.51. The van der Waals surface area contributed by atoms with E-state index < -0.39 is 0 Å². The summed E-state index contributed by atoms with van der Waals surface area (Å²) in [5, 5.41) is 0.962. The minimum atomic E-state index is -0.0325. The highest BCUT2D eigenvalue weighted by Crippen LogP contribution is 2.16. The van der Waals surface area contributed by atoms with Gasteiger partial charge in [-0.05, 0) is 17.1 Å². The van der Waals surface area contributed by atoms with Gasteiger partial charge in [0.15, 0.2) is 0 Å². The number of anilines is 1. The van der Waals surface area contributed by atoms with Crippen molar-refractivity contribution >= 4 is 16.5 Å². The second kappa shape index (κ2) is 4.31. The van der Waals surface area contributed by atoms with Crippen LogP contribution < -0.4 is 10.5 Å². The number of hydrogen-bond donors (Lipinski definition) is 1. The van der Waals surface area contributed by atoms with E-state index >= 15 is 0 Å². The molecule has 0 aliphatic heterocycles. The van der Waals surface area contributed by atoms with Crippen molar-refractivity contribution in [2.45, 2.75) is 6.54 Å². The maximum absolute atomic E-state index is 11.0. The van der Waals surface area contributed by atoms with E-state index in [9.17, 15) is 4.79 Å². The molecule has 1 aromatic carbocycles. The van der Waals surface area contributed by atoms with Crippen LogP contribution in [0.3, 0.4) is 0 Å². The third-order valence-electron chi connectivity index (χ3n) is 2.15. The van der Waals surface area contributed by atoms with Gasteiger partial charge in [-0.3, -0.25) is 9.17 Å². The molecule has 0 fully saturated rings. The van der Waals surface area contributed by atoms with Gasteiger partial charge in [0.25, 0.3) is 5.56 Å². The summed E-state index contributed by atoms with van der Waals surface area (Å²) in [6.45, 7) is 0.814. The van der Waals surface area contributed by atoms with Gasteiger partial charge in [0.05, 0.1) is 0 Å². The molecule has 1 heterocycles. The molecular weight excluding hydrogens is 208 g/mol. The smallest absolute Gasteiger partial charge is 0.260 e. The molecular formula is C11H12N2OS. The Hall–Kier alpha value is -1.55. The SMILES string of the molecule is CN(Cc1ccccc1)c1cc(=O)[nH]s1. The fourth-order valence-corrected chi connectivity index (χ4v) is 2.05. The van der Waals surface area contributed by atoms with E-state index in [0.29, 0.717) is 0 Å². The average molecular weight is 220 g/mol. The molecule has 0 spiro atoms. The van der Waals surface area contributed by atoms with Gasteiger partial charge in [0.2, 0.25) is 0 Å². The Bertz CT molecular complexity index is 475. The van der Waals surface area contributed by atoms with Crippen LogP contribution in [0, 0.1) is 0 Å². The van der Waals surface area contributed by atoms with Crippen LogP contribution in [0.2, 0.25) is 0 Å². The Morgan fingerprint density at radius 1 is 1.33 bits per heavy atom. The third-order valence-corrected chi connectivity index (χ3v) is 3.09. The number of hydrogen-bond acceptors (Lipinski definition) is 3. The van der Waals surface area contributed by atoms with E-state index in [1.54, 1.807) is 6.07 Å². The lowest BCUT2D eigenvalue weighted by Gasteiger charge is -2.15. The number of H-pyrrole nitrogens is 1. The molecule has 0 saturated carbocycles. The van der Waals surface area contributed by atoms with Gasteiger partial charge in [-0.2, -0.15) is 0 Å². The first-order valence-electron chi connectivity index (χ1n) is 4.69. The molecule has 78 valence electrons. The summed E-state index contributed by atoms with van der Waals surface area (Å²) in [6.07, 6.45) is 0. The second-order valence-electron chi connectivity index (χ2n) is 3.39. The van der Waals surface area contributed by atoms with Crippen molar-refractivity contribution in [3.8, 4) is 0 Å². The van der Waals surface area contributed by atoms with Gasteiger partial charge >= 0.3 is 0 Å². The van der Waals surface area contributed by atoms with Crippen molar-refractivity contribution in [3.63, 3.8) is 0 Å². The molecule has 0 bridgehead atoms. The van der Waals surface area contributed by atoms with Crippen molar-refractivity contribution in [1.29, 1.82) is 0 Å². The fraction of sp³-hybridized carbons (Fsp3) is 0.182. The number of nitrogens with zero attached hydrogens (tertiary/aromatic N) is 1. The van der Waals surface area contributed by atoms with Gasteiger partial charge in [-0.25, -0.2) is 0 Å². The van der Waals surface area contributed by atoms with Gasteiger partial charge in [0.1, 0.15) is 5.00 Å². The first-order chi connectivity index (χ1) is 7.25. The van der Waals surface area contributed by atoms with Gasteiger partial charge in [0, 0.05) is 19.7 Å². The molecule has 1 N–H and O–H groups in total. The van der Waals surface area contributed by atoms with Crippen LogP contribution in [0.4, 0.5) is 5.00 Å². The van der Waals surface area contributed by atoms with Gasteiger partial charge in [-0.1, -0.05) is 30.3 Å². The Labute approximate surface area is 92.1 Å². The predicted molar refractivity (Wildman–Crippen MR) is 63.5 cm³/mol. The zero-order valence-electron chi connectivity index (χ0n) is 8.43. The van der Waals surface area contributed by atoms with Crippen molar-refractivity contribution in [2.24, 2.45) is 0 Å². The highest BCUT2D eigenvalue weighted by Gasteiger charge is 2.04. The van der Waals surface area contributed by atoms with Gasteiger partial charge in [-0.15, -0.1) is 0 Å². The van der Waals surface area contributed by atoms with E-state index in [-0.39, 0.29) is 5.56 Å². The summed E-state index contributed by atoms with van der Waals surface area (Å²) in [7, 11) is 1.98. The summed E-state index contributed by atoms with van der Waals surface area (Å²) in [5.74, 6) is 0. The van der Waals surface area contributed by atoms with Crippen molar-refractivity contribution < 1.29 is 0 Å². The number of benzene rings is 1. The maximum atomic E-state index is 11.0. The first kappa shape index (κ1) is 9.98. The lowest BCUT2D eigenvalue weighted by Crippen LogP contribution is -2.15. The maximum Gasteiger partial charge on any atom is 0.260 e. The van der Waals surface area contributed by atoms with Crippen molar-refractivity contribution in [3.05, 3.63) is 52.3 Å². The monoisotopic (exact) mass is 220 g/mol. The molecule has 15 heavy (non-hydrogen) atoms. The van der Waals surface area contributed by atoms with E-state index in [1.807, 2.05) is 25.2 Å². The minimum Gasteiger partial charge on any atom is -0.361 e. The van der Waals surface area contributed by atoms with Crippen LogP contribution in [0.1, 0.15) is 5.56 Å². The van der Waals surface area contributed by atoms with E-state index in [1.165, 1.54) is 17.1 Å². The van der Waals surface area contributed by atoms with Crippen LogP contribution in [0.15, 0.2) is 41.2 Å². The summed E-state index contributed by atoms with van der Waals surface area (Å²) in [6, 6.07) is 11.8. The van der Waals surface area contributed by atoms with E-state index in [2.05, 4.69) is 21.4 Å². The Kier molecular flexibility index (Phi) is 2.87. The Morgan fingerprint density at radius 3 is 2.67 bits per heavy atom. The molecule has 4 heteroatoms. The summed E-state index contributed by atoms with van der Waals surface area (Å²) < 4.78 is 2.68. The summed E-state index contributed by atoms with van der Waals surface area (Å²) in [4.78, 5) is 13.0.